The molecule has 6 nitrogen and oxygen atoms in total. The van der Waals surface area contributed by atoms with Crippen molar-refractivity contribution in [1.29, 1.82) is 0 Å². The molecule has 1 amide bonds. The minimum Gasteiger partial charge on any atom is -0.322 e. The molecule has 1 aliphatic rings. The summed E-state index contributed by atoms with van der Waals surface area (Å²) in [5.74, 6) is 0.115. The average Bonchev–Trinajstić information content (AvgIpc) is 2.97. The number of hydrogen-bond donors (Lipinski definition) is 2. The molecule has 0 bridgehead atoms. The first-order valence-corrected chi connectivity index (χ1v) is 11.6. The molecule has 0 unspecified atom stereocenters. The van der Waals surface area contributed by atoms with Crippen molar-refractivity contribution < 1.29 is 13.2 Å². The van der Waals surface area contributed by atoms with Crippen LogP contribution in [0.25, 0.3) is 6.08 Å². The van der Waals surface area contributed by atoms with Crippen LogP contribution < -0.4 is 10.0 Å². The summed E-state index contributed by atoms with van der Waals surface area (Å²) < 4.78 is 28.0. The third kappa shape index (κ3) is 6.18. The number of amides is 1. The van der Waals surface area contributed by atoms with Crippen LogP contribution >= 0.6 is 11.6 Å². The number of amidine groups is 1. The third-order valence-corrected chi connectivity index (χ3v) is 6.45. The van der Waals surface area contributed by atoms with Crippen molar-refractivity contribution in [3.63, 3.8) is 0 Å². The predicted octanol–water partition coefficient (Wildman–Crippen LogP) is 4.55. The summed E-state index contributed by atoms with van der Waals surface area (Å²) in [6.45, 7) is 2.54. The zero-order chi connectivity index (χ0) is 21.6. The molecule has 2 aromatic carbocycles. The number of nitrogens with zero attached hydrogens (tertiary/aromatic N) is 1. The molecular formula is C22H24ClN3O3S. The lowest BCUT2D eigenvalue weighted by molar-refractivity contribution is -0.111. The van der Waals surface area contributed by atoms with E-state index in [4.69, 9.17) is 11.6 Å². The SMILES string of the molecule is Cc1ccc(/C=C/C(=O)Nc2cccc(S(=O)(=O)NC3=NCCCCC3)c2)cc1Cl. The van der Waals surface area contributed by atoms with E-state index >= 15 is 0 Å². The molecule has 0 aliphatic carbocycles. The number of carbonyl (C=O) groups is 1. The van der Waals surface area contributed by atoms with Crippen molar-refractivity contribution in [1.82, 2.24) is 4.72 Å². The molecule has 1 aliphatic heterocycles. The van der Waals surface area contributed by atoms with Gasteiger partial charge in [-0.25, -0.2) is 8.42 Å². The Kier molecular flexibility index (Phi) is 7.29. The normalized spacial score (nSPS) is 14.8. The van der Waals surface area contributed by atoms with Gasteiger partial charge in [0, 0.05) is 29.8 Å². The summed E-state index contributed by atoms with van der Waals surface area (Å²) in [7, 11) is -3.76. The number of benzene rings is 2. The summed E-state index contributed by atoms with van der Waals surface area (Å²) in [4.78, 5) is 16.6. The van der Waals surface area contributed by atoms with E-state index in [-0.39, 0.29) is 10.8 Å². The number of anilines is 1. The second-order valence-corrected chi connectivity index (χ2v) is 9.19. The number of halogens is 1. The zero-order valence-corrected chi connectivity index (χ0v) is 18.3. The van der Waals surface area contributed by atoms with Crippen LogP contribution in [0.5, 0.6) is 0 Å². The fourth-order valence-electron chi connectivity index (χ4n) is 2.98. The lowest BCUT2D eigenvalue weighted by Crippen LogP contribution is -2.30. The molecule has 0 aromatic heterocycles. The molecule has 0 spiro atoms. The van der Waals surface area contributed by atoms with Crippen molar-refractivity contribution >= 4 is 45.1 Å². The van der Waals surface area contributed by atoms with E-state index < -0.39 is 10.0 Å². The van der Waals surface area contributed by atoms with Gasteiger partial charge in [0.1, 0.15) is 5.84 Å². The van der Waals surface area contributed by atoms with Crippen molar-refractivity contribution in [2.45, 2.75) is 37.5 Å². The quantitative estimate of drug-likeness (QED) is 0.661. The van der Waals surface area contributed by atoms with E-state index in [1.54, 1.807) is 24.3 Å². The van der Waals surface area contributed by atoms with Crippen LogP contribution in [0.3, 0.4) is 0 Å². The minimum absolute atomic E-state index is 0.0709. The Morgan fingerprint density at radius 2 is 1.97 bits per heavy atom. The smallest absolute Gasteiger partial charge is 0.262 e. The molecular weight excluding hydrogens is 422 g/mol. The number of rotatable bonds is 5. The summed E-state index contributed by atoms with van der Waals surface area (Å²) in [5.41, 5.74) is 2.14. The number of nitrogens with one attached hydrogen (secondary N) is 2. The highest BCUT2D eigenvalue weighted by Gasteiger charge is 2.17. The highest BCUT2D eigenvalue weighted by atomic mass is 35.5. The molecule has 30 heavy (non-hydrogen) atoms. The van der Waals surface area contributed by atoms with Gasteiger partial charge in [0.2, 0.25) is 5.91 Å². The van der Waals surface area contributed by atoms with Crippen molar-refractivity contribution in [2.24, 2.45) is 4.99 Å². The topological polar surface area (TPSA) is 87.6 Å². The van der Waals surface area contributed by atoms with Gasteiger partial charge in [-0.15, -0.1) is 0 Å². The Labute approximate surface area is 182 Å². The Bertz CT molecular complexity index is 1090. The summed E-state index contributed by atoms with van der Waals surface area (Å²) in [5, 5.41) is 3.31. The Hall–Kier alpha value is -2.64. The molecule has 1 heterocycles. The largest absolute Gasteiger partial charge is 0.322 e. The molecule has 0 atom stereocenters. The molecule has 2 aromatic rings. The van der Waals surface area contributed by atoms with E-state index in [0.717, 1.165) is 30.4 Å². The van der Waals surface area contributed by atoms with Crippen LogP contribution in [-0.4, -0.2) is 26.7 Å². The van der Waals surface area contributed by atoms with Gasteiger partial charge < -0.3 is 5.32 Å². The van der Waals surface area contributed by atoms with Gasteiger partial charge in [-0.3, -0.25) is 14.5 Å². The van der Waals surface area contributed by atoms with Crippen LogP contribution in [0.2, 0.25) is 5.02 Å². The Morgan fingerprint density at radius 1 is 1.13 bits per heavy atom. The molecule has 8 heteroatoms. The van der Waals surface area contributed by atoms with Crippen LogP contribution in [0.4, 0.5) is 5.69 Å². The molecule has 0 saturated heterocycles. The van der Waals surface area contributed by atoms with Gasteiger partial charge in [-0.05, 0) is 61.2 Å². The first kappa shape index (κ1) is 22.1. The minimum atomic E-state index is -3.76. The maximum atomic E-state index is 12.7. The lowest BCUT2D eigenvalue weighted by Gasteiger charge is -2.11. The van der Waals surface area contributed by atoms with Crippen LogP contribution in [0.15, 0.2) is 58.4 Å². The number of hydrogen-bond acceptors (Lipinski definition) is 4. The van der Waals surface area contributed by atoms with Crippen LogP contribution in [0.1, 0.15) is 36.8 Å². The van der Waals surface area contributed by atoms with Gasteiger partial charge >= 0.3 is 0 Å². The van der Waals surface area contributed by atoms with Crippen LogP contribution in [0, 0.1) is 6.92 Å². The monoisotopic (exact) mass is 445 g/mol. The standard InChI is InChI=1S/C22H24ClN3O3S/c1-16-9-10-17(14-20(16)23)11-12-22(27)25-18-6-5-7-19(15-18)30(28,29)26-21-8-3-2-4-13-24-21/h5-7,9-12,14-15H,2-4,8,13H2,1H3,(H,24,26)(H,25,27)/b12-11+. The van der Waals surface area contributed by atoms with Gasteiger partial charge in [0.05, 0.1) is 4.90 Å². The van der Waals surface area contributed by atoms with Gasteiger partial charge in [-0.1, -0.05) is 36.2 Å². The fraction of sp³-hybridized carbons (Fsp3) is 0.273. The Morgan fingerprint density at radius 3 is 2.77 bits per heavy atom. The highest BCUT2D eigenvalue weighted by molar-refractivity contribution is 7.90. The zero-order valence-electron chi connectivity index (χ0n) is 16.7. The molecule has 158 valence electrons. The fourth-order valence-corrected chi connectivity index (χ4v) is 4.30. The second-order valence-electron chi connectivity index (χ2n) is 7.10. The number of sulfonamides is 1. The van der Waals surface area contributed by atoms with E-state index in [0.29, 0.717) is 29.5 Å². The third-order valence-electron chi connectivity index (χ3n) is 4.66. The van der Waals surface area contributed by atoms with Gasteiger partial charge in [0.25, 0.3) is 10.0 Å². The average molecular weight is 446 g/mol. The maximum absolute atomic E-state index is 12.7. The highest BCUT2D eigenvalue weighted by Crippen LogP contribution is 2.19. The van der Waals surface area contributed by atoms with Crippen molar-refractivity contribution in [3.8, 4) is 0 Å². The first-order valence-electron chi connectivity index (χ1n) is 9.75. The molecule has 3 rings (SSSR count). The predicted molar refractivity (Wildman–Crippen MR) is 121 cm³/mol. The van der Waals surface area contributed by atoms with E-state index in [1.807, 2.05) is 19.1 Å². The summed E-state index contributed by atoms with van der Waals surface area (Å²) >= 11 is 6.09. The van der Waals surface area contributed by atoms with Gasteiger partial charge in [0.15, 0.2) is 0 Å². The van der Waals surface area contributed by atoms with E-state index in [2.05, 4.69) is 15.0 Å². The summed E-state index contributed by atoms with van der Waals surface area (Å²) in [6, 6.07) is 11.6. The second kappa shape index (κ2) is 9.91. The van der Waals surface area contributed by atoms with E-state index in [9.17, 15) is 13.2 Å². The first-order chi connectivity index (χ1) is 14.3. The molecule has 0 saturated carbocycles. The van der Waals surface area contributed by atoms with Crippen molar-refractivity contribution in [2.75, 3.05) is 11.9 Å². The summed E-state index contributed by atoms with van der Waals surface area (Å²) in [6.07, 6.45) is 6.56. The lowest BCUT2D eigenvalue weighted by atomic mass is 10.1. The number of aryl methyl sites for hydroxylation is 1. The van der Waals surface area contributed by atoms with Crippen molar-refractivity contribution in [3.05, 3.63) is 64.7 Å². The van der Waals surface area contributed by atoms with E-state index in [1.165, 1.54) is 18.2 Å². The maximum Gasteiger partial charge on any atom is 0.262 e. The number of aliphatic imine (C=N–C) groups is 1. The molecule has 0 fully saturated rings. The number of carbonyl (C=O) groups excluding carboxylic acids is 1. The van der Waals surface area contributed by atoms with Crippen LogP contribution in [-0.2, 0) is 14.8 Å². The van der Waals surface area contributed by atoms with Gasteiger partial charge in [-0.2, -0.15) is 0 Å². The Balaban J connectivity index is 1.68. The molecule has 0 radical (unpaired) electrons. The molecule has 2 N–H and O–H groups in total.